The van der Waals surface area contributed by atoms with Gasteiger partial charge in [0.15, 0.2) is 5.75 Å². The smallest absolute Gasteiger partial charge is 0.270 e. The van der Waals surface area contributed by atoms with Crippen molar-refractivity contribution in [1.29, 1.82) is 0 Å². The molecule has 1 aromatic rings. The van der Waals surface area contributed by atoms with Gasteiger partial charge >= 0.3 is 0 Å². The fraction of sp³-hybridized carbons (Fsp3) is 0.462. The molecule has 0 spiro atoms. The van der Waals surface area contributed by atoms with Gasteiger partial charge in [0.05, 0.1) is 6.61 Å². The van der Waals surface area contributed by atoms with E-state index in [4.69, 9.17) is 5.11 Å². The van der Waals surface area contributed by atoms with Gasteiger partial charge in [-0.3, -0.25) is 4.79 Å². The second-order valence-electron chi connectivity index (χ2n) is 4.40. The van der Waals surface area contributed by atoms with Crippen LogP contribution < -0.4 is 5.32 Å². The number of fused-ring (bicyclic) bond motifs is 1. The summed E-state index contributed by atoms with van der Waals surface area (Å²) < 4.78 is 12.1. The molecule has 1 aliphatic rings. The van der Waals surface area contributed by atoms with Crippen LogP contribution in [-0.2, 0) is 28.8 Å². The van der Waals surface area contributed by atoms with E-state index in [1.165, 1.54) is 11.1 Å². The predicted molar refractivity (Wildman–Crippen MR) is 70.7 cm³/mol. The van der Waals surface area contributed by atoms with Crippen molar-refractivity contribution in [2.45, 2.75) is 18.1 Å². The molecule has 0 aromatic heterocycles. The highest BCUT2D eigenvalue weighted by atomic mass is 32.2. The summed E-state index contributed by atoms with van der Waals surface area (Å²) in [6.45, 7) is 0.133. The summed E-state index contributed by atoms with van der Waals surface area (Å²) in [5.41, 5.74) is 2.48. The van der Waals surface area contributed by atoms with Crippen LogP contribution in [-0.4, -0.2) is 39.7 Å². The molecule has 18 heavy (non-hydrogen) atoms. The zero-order valence-corrected chi connectivity index (χ0v) is 10.9. The lowest BCUT2D eigenvalue weighted by atomic mass is 10.1. The number of carbonyl (C=O) groups excluding carboxylic acids is 1. The van der Waals surface area contributed by atoms with Gasteiger partial charge in [-0.15, -0.1) is 0 Å². The van der Waals surface area contributed by atoms with Crippen molar-refractivity contribution >= 4 is 17.1 Å². The maximum absolute atomic E-state index is 12.1. The third-order valence-corrected chi connectivity index (χ3v) is 4.72. The maximum atomic E-state index is 12.1. The first-order valence-corrected chi connectivity index (χ1v) is 7.40. The van der Waals surface area contributed by atoms with Gasteiger partial charge in [-0.2, -0.15) is 0 Å². The van der Waals surface area contributed by atoms with Gasteiger partial charge in [-0.25, -0.2) is 0 Å². The Labute approximate surface area is 110 Å². The van der Waals surface area contributed by atoms with Crippen LogP contribution in [0.4, 0.5) is 0 Å². The van der Waals surface area contributed by atoms with Crippen molar-refractivity contribution in [1.82, 2.24) is 5.32 Å². The van der Waals surface area contributed by atoms with E-state index in [2.05, 4.69) is 17.4 Å². The molecule has 1 atom stereocenters. The molecule has 2 N–H and O–H groups in total. The second kappa shape index (κ2) is 6.22. The van der Waals surface area contributed by atoms with Gasteiger partial charge in [0.25, 0.3) is 5.91 Å². The Morgan fingerprint density at radius 1 is 1.39 bits per heavy atom. The molecular formula is C13H17NO3S. The van der Waals surface area contributed by atoms with Crippen molar-refractivity contribution in [3.63, 3.8) is 0 Å². The second-order valence-corrected chi connectivity index (χ2v) is 6.11. The molecule has 0 fully saturated rings. The number of carbonyl (C=O) groups is 1. The van der Waals surface area contributed by atoms with Crippen molar-refractivity contribution in [2.24, 2.45) is 0 Å². The molecule has 1 amide bonds. The van der Waals surface area contributed by atoms with E-state index in [1.807, 2.05) is 12.1 Å². The third-order valence-electron chi connectivity index (χ3n) is 3.09. The predicted octanol–water partition coefficient (Wildman–Crippen LogP) is 0.0110. The van der Waals surface area contributed by atoms with E-state index in [-0.39, 0.29) is 30.1 Å². The zero-order chi connectivity index (χ0) is 13.0. The van der Waals surface area contributed by atoms with E-state index in [0.717, 1.165) is 12.8 Å². The van der Waals surface area contributed by atoms with Crippen LogP contribution in [0.25, 0.3) is 0 Å². The van der Waals surface area contributed by atoms with E-state index < -0.39 is 11.2 Å². The van der Waals surface area contributed by atoms with Gasteiger partial charge in [-0.1, -0.05) is 24.3 Å². The summed E-state index contributed by atoms with van der Waals surface area (Å²) in [5, 5.41) is 11.2. The number of aliphatic hydroxyl groups excluding tert-OH is 1. The van der Waals surface area contributed by atoms with Crippen molar-refractivity contribution in [3.8, 4) is 0 Å². The molecule has 0 heterocycles. The first-order chi connectivity index (χ1) is 8.70. The lowest BCUT2D eigenvalue weighted by Crippen LogP contribution is -2.36. The molecular weight excluding hydrogens is 250 g/mol. The lowest BCUT2D eigenvalue weighted by Gasteiger charge is -2.16. The van der Waals surface area contributed by atoms with Crippen LogP contribution in [0.2, 0.25) is 0 Å². The molecule has 2 rings (SSSR count). The van der Waals surface area contributed by atoms with Crippen LogP contribution in [0.5, 0.6) is 0 Å². The first-order valence-electron chi connectivity index (χ1n) is 6.02. The van der Waals surface area contributed by atoms with Gasteiger partial charge in [-0.05, 0) is 22.3 Å². The molecule has 0 saturated carbocycles. The van der Waals surface area contributed by atoms with Crippen molar-refractivity contribution < 1.29 is 14.5 Å². The fourth-order valence-corrected chi connectivity index (χ4v) is 3.52. The van der Waals surface area contributed by atoms with E-state index in [1.54, 1.807) is 0 Å². The highest BCUT2D eigenvalue weighted by Gasteiger charge is 2.31. The summed E-state index contributed by atoms with van der Waals surface area (Å²) in [4.78, 5) is 11.4. The summed E-state index contributed by atoms with van der Waals surface area (Å²) in [7, 11) is 0. The Kier molecular flexibility index (Phi) is 4.63. The maximum Gasteiger partial charge on any atom is 0.270 e. The van der Waals surface area contributed by atoms with Gasteiger partial charge < -0.3 is 15.0 Å². The molecule has 5 heteroatoms. The average molecular weight is 267 g/mol. The van der Waals surface area contributed by atoms with E-state index >= 15 is 0 Å². The molecule has 0 saturated heterocycles. The van der Waals surface area contributed by atoms with Crippen LogP contribution in [0.15, 0.2) is 24.3 Å². The minimum absolute atomic E-state index is 0.0264. The molecule has 98 valence electrons. The Balaban J connectivity index is 1.85. The van der Waals surface area contributed by atoms with Gasteiger partial charge in [0.1, 0.15) is 5.25 Å². The topological polar surface area (TPSA) is 72.4 Å². The minimum Gasteiger partial charge on any atom is -0.616 e. The summed E-state index contributed by atoms with van der Waals surface area (Å²) in [6, 6.07) is 8.08. The quantitative estimate of drug-likeness (QED) is 0.738. The Morgan fingerprint density at radius 3 is 2.56 bits per heavy atom. The Bertz CT molecular complexity index is 399. The van der Waals surface area contributed by atoms with Crippen LogP contribution >= 0.6 is 0 Å². The van der Waals surface area contributed by atoms with Crippen LogP contribution in [0.1, 0.15) is 11.1 Å². The van der Waals surface area contributed by atoms with Crippen molar-refractivity contribution in [2.75, 3.05) is 18.9 Å². The van der Waals surface area contributed by atoms with Crippen LogP contribution in [0.3, 0.4) is 0 Å². The fourth-order valence-electron chi connectivity index (χ4n) is 2.20. The normalized spacial score (nSPS) is 16.3. The number of aliphatic hydroxyl groups is 1. The summed E-state index contributed by atoms with van der Waals surface area (Å²) in [6.07, 6.45) is 1.58. The highest BCUT2D eigenvalue weighted by Crippen LogP contribution is 2.26. The standard InChI is InChI=1S/C13H17NO3S/c15-6-5-14-13(16)9-18(17)12-7-10-3-1-2-4-11(10)8-12/h1-4,12,15H,5-9H2,(H,14,16). The lowest BCUT2D eigenvalue weighted by molar-refractivity contribution is -0.118. The minimum atomic E-state index is -1.15. The zero-order valence-electron chi connectivity index (χ0n) is 10.1. The molecule has 0 bridgehead atoms. The van der Waals surface area contributed by atoms with Gasteiger partial charge in [0, 0.05) is 19.4 Å². The van der Waals surface area contributed by atoms with E-state index in [0.29, 0.717) is 0 Å². The average Bonchev–Trinajstić information content (AvgIpc) is 2.80. The number of rotatable bonds is 5. The molecule has 1 unspecified atom stereocenters. The molecule has 1 aliphatic carbocycles. The number of benzene rings is 1. The molecule has 1 aromatic carbocycles. The van der Waals surface area contributed by atoms with Gasteiger partial charge in [0.2, 0.25) is 0 Å². The summed E-state index contributed by atoms with van der Waals surface area (Å²) in [5.74, 6) is -0.225. The molecule has 0 aliphatic heterocycles. The number of hydrogen-bond donors (Lipinski definition) is 2. The largest absolute Gasteiger partial charge is 0.616 e. The first kappa shape index (κ1) is 13.4. The Hall–Kier alpha value is -1.04. The summed E-state index contributed by atoms with van der Waals surface area (Å²) >= 11 is -1.15. The molecule has 4 nitrogen and oxygen atoms in total. The number of nitrogens with one attached hydrogen (secondary N) is 1. The van der Waals surface area contributed by atoms with Crippen LogP contribution in [0, 0.1) is 0 Å². The number of amides is 1. The monoisotopic (exact) mass is 267 g/mol. The van der Waals surface area contributed by atoms with E-state index in [9.17, 15) is 9.35 Å². The SMILES string of the molecule is O=C(C[S+]([O-])C1Cc2ccccc2C1)NCCO. The highest BCUT2D eigenvalue weighted by molar-refractivity contribution is 7.92. The number of hydrogen-bond acceptors (Lipinski definition) is 3. The molecule has 0 radical (unpaired) electrons. The third kappa shape index (κ3) is 3.25. The van der Waals surface area contributed by atoms with Crippen molar-refractivity contribution in [3.05, 3.63) is 35.4 Å². The Morgan fingerprint density at radius 2 is 2.00 bits per heavy atom.